The highest BCUT2D eigenvalue weighted by Gasteiger charge is 2.39. The molecule has 0 radical (unpaired) electrons. The van der Waals surface area contributed by atoms with E-state index in [1.807, 2.05) is 0 Å². The fraction of sp³-hybridized carbons (Fsp3) is 0.500. The number of hydrogen-bond acceptors (Lipinski definition) is 2. The Balaban J connectivity index is 4.13. The van der Waals surface area contributed by atoms with E-state index in [1.54, 1.807) is 0 Å². The lowest BCUT2D eigenvalue weighted by Gasteiger charge is -2.05. The largest absolute Gasteiger partial charge is 0.328 e. The molecule has 0 N–H and O–H groups in total. The standard InChI is InChI=1S/C4H2Cl2F2O2/c5-2(9)1-4(7,8)3(6)10/h1H2. The van der Waals surface area contributed by atoms with Gasteiger partial charge in [0.05, 0.1) is 6.42 Å². The van der Waals surface area contributed by atoms with Gasteiger partial charge in [-0.1, -0.05) is 0 Å². The van der Waals surface area contributed by atoms with Crippen molar-refractivity contribution in [3.63, 3.8) is 0 Å². The molecule has 0 saturated heterocycles. The van der Waals surface area contributed by atoms with E-state index in [9.17, 15) is 18.4 Å². The van der Waals surface area contributed by atoms with Gasteiger partial charge in [-0.15, -0.1) is 0 Å². The molecule has 0 amide bonds. The first kappa shape index (κ1) is 9.78. The second kappa shape index (κ2) is 3.25. The fourth-order valence-electron chi connectivity index (χ4n) is 0.244. The Kier molecular flexibility index (Phi) is 3.18. The molecule has 0 aliphatic heterocycles. The van der Waals surface area contributed by atoms with Crippen molar-refractivity contribution in [1.29, 1.82) is 0 Å². The second-order valence-corrected chi connectivity index (χ2v) is 2.27. The van der Waals surface area contributed by atoms with Crippen LogP contribution in [0.1, 0.15) is 6.42 Å². The predicted molar refractivity (Wildman–Crippen MR) is 31.3 cm³/mol. The number of rotatable bonds is 3. The van der Waals surface area contributed by atoms with Gasteiger partial charge in [-0.05, 0) is 23.2 Å². The molecule has 0 heterocycles. The summed E-state index contributed by atoms with van der Waals surface area (Å²) in [7, 11) is 0. The van der Waals surface area contributed by atoms with Crippen LogP contribution >= 0.6 is 23.2 Å². The van der Waals surface area contributed by atoms with Crippen molar-refractivity contribution >= 4 is 33.7 Å². The van der Waals surface area contributed by atoms with E-state index in [1.165, 1.54) is 0 Å². The van der Waals surface area contributed by atoms with Gasteiger partial charge in [0.25, 0.3) is 5.24 Å². The van der Waals surface area contributed by atoms with E-state index >= 15 is 0 Å². The molecule has 0 aromatic rings. The Morgan fingerprint density at radius 2 is 1.70 bits per heavy atom. The van der Waals surface area contributed by atoms with Crippen molar-refractivity contribution in [3.8, 4) is 0 Å². The minimum Gasteiger partial charge on any atom is -0.281 e. The van der Waals surface area contributed by atoms with Crippen LogP contribution < -0.4 is 0 Å². The van der Waals surface area contributed by atoms with E-state index in [2.05, 4.69) is 23.2 Å². The summed E-state index contributed by atoms with van der Waals surface area (Å²) in [5.41, 5.74) is 0. The summed E-state index contributed by atoms with van der Waals surface area (Å²) in [4.78, 5) is 19.6. The van der Waals surface area contributed by atoms with Crippen molar-refractivity contribution < 1.29 is 18.4 Å². The molecule has 2 nitrogen and oxygen atoms in total. The third-order valence-corrected chi connectivity index (χ3v) is 1.06. The zero-order chi connectivity index (χ0) is 8.36. The van der Waals surface area contributed by atoms with E-state index in [0.717, 1.165) is 0 Å². The molecule has 10 heavy (non-hydrogen) atoms. The summed E-state index contributed by atoms with van der Waals surface area (Å²) in [5, 5.41) is -3.17. The van der Waals surface area contributed by atoms with Crippen LogP contribution in [-0.4, -0.2) is 16.4 Å². The quantitative estimate of drug-likeness (QED) is 0.634. The third-order valence-electron chi connectivity index (χ3n) is 0.649. The molecule has 0 rings (SSSR count). The van der Waals surface area contributed by atoms with Gasteiger partial charge in [-0.2, -0.15) is 8.78 Å². The monoisotopic (exact) mass is 190 g/mol. The lowest BCUT2D eigenvalue weighted by molar-refractivity contribution is -0.138. The third kappa shape index (κ3) is 3.08. The molecule has 0 unspecified atom stereocenters. The summed E-state index contributed by atoms with van der Waals surface area (Å²) >= 11 is 8.99. The van der Waals surface area contributed by atoms with Crippen LogP contribution in [0.2, 0.25) is 0 Å². The molecule has 0 aliphatic carbocycles. The van der Waals surface area contributed by atoms with Crippen LogP contribution in [0.4, 0.5) is 8.78 Å². The maximum Gasteiger partial charge on any atom is 0.328 e. The summed E-state index contributed by atoms with van der Waals surface area (Å²) in [6.07, 6.45) is -1.35. The number of carbonyl (C=O) groups excluding carboxylic acids is 2. The first-order valence-corrected chi connectivity index (χ1v) is 2.88. The Hall–Kier alpha value is -0.220. The Morgan fingerprint density at radius 3 is 1.80 bits per heavy atom. The van der Waals surface area contributed by atoms with Crippen LogP contribution in [0.5, 0.6) is 0 Å². The van der Waals surface area contributed by atoms with Gasteiger partial charge in [-0.25, -0.2) is 0 Å². The molecular weight excluding hydrogens is 189 g/mol. The number of halogens is 4. The van der Waals surface area contributed by atoms with Gasteiger partial charge in [0.2, 0.25) is 5.24 Å². The predicted octanol–water partition coefficient (Wildman–Crippen LogP) is 1.54. The molecular formula is C4H2Cl2F2O2. The first-order valence-electron chi connectivity index (χ1n) is 2.12. The fourth-order valence-corrected chi connectivity index (χ4v) is 0.479. The van der Waals surface area contributed by atoms with Crippen molar-refractivity contribution in [3.05, 3.63) is 0 Å². The molecule has 0 saturated carbocycles. The average Bonchev–Trinajstić information content (AvgIpc) is 1.60. The van der Waals surface area contributed by atoms with Crippen molar-refractivity contribution in [1.82, 2.24) is 0 Å². The van der Waals surface area contributed by atoms with Crippen molar-refractivity contribution in [2.24, 2.45) is 0 Å². The maximum atomic E-state index is 12.0. The van der Waals surface area contributed by atoms with Gasteiger partial charge >= 0.3 is 5.92 Å². The summed E-state index contributed by atoms with van der Waals surface area (Å²) in [6, 6.07) is 0. The highest BCUT2D eigenvalue weighted by molar-refractivity contribution is 6.67. The lowest BCUT2D eigenvalue weighted by Crippen LogP contribution is -2.26. The van der Waals surface area contributed by atoms with E-state index < -0.39 is 22.8 Å². The minimum absolute atomic E-state index is 1.29. The highest BCUT2D eigenvalue weighted by Crippen LogP contribution is 2.22. The highest BCUT2D eigenvalue weighted by atomic mass is 35.5. The zero-order valence-electron chi connectivity index (χ0n) is 4.54. The van der Waals surface area contributed by atoms with Crippen molar-refractivity contribution in [2.75, 3.05) is 0 Å². The average molecular weight is 191 g/mol. The van der Waals surface area contributed by atoms with Crippen LogP contribution in [-0.2, 0) is 9.59 Å². The number of carbonyl (C=O) groups is 2. The Labute approximate surface area is 65.1 Å². The summed E-state index contributed by atoms with van der Waals surface area (Å²) in [5.74, 6) is -3.83. The number of alkyl halides is 2. The maximum absolute atomic E-state index is 12.0. The molecule has 0 fully saturated rings. The summed E-state index contributed by atoms with van der Waals surface area (Å²) in [6.45, 7) is 0. The van der Waals surface area contributed by atoms with E-state index in [-0.39, 0.29) is 0 Å². The molecule has 0 bridgehead atoms. The van der Waals surface area contributed by atoms with Crippen LogP contribution in [0, 0.1) is 0 Å². The number of hydrogen-bond donors (Lipinski definition) is 0. The molecule has 0 atom stereocenters. The van der Waals surface area contributed by atoms with E-state index in [0.29, 0.717) is 0 Å². The van der Waals surface area contributed by atoms with E-state index in [4.69, 9.17) is 0 Å². The van der Waals surface area contributed by atoms with Gasteiger partial charge < -0.3 is 0 Å². The minimum atomic E-state index is -3.83. The lowest BCUT2D eigenvalue weighted by atomic mass is 10.3. The molecule has 0 aromatic heterocycles. The smallest absolute Gasteiger partial charge is 0.281 e. The zero-order valence-corrected chi connectivity index (χ0v) is 6.05. The Bertz CT molecular complexity index is 169. The molecule has 0 spiro atoms. The van der Waals surface area contributed by atoms with Crippen molar-refractivity contribution in [2.45, 2.75) is 12.3 Å². The van der Waals surface area contributed by atoms with Crippen LogP contribution in [0.25, 0.3) is 0 Å². The topological polar surface area (TPSA) is 34.1 Å². The normalized spacial score (nSPS) is 11.2. The van der Waals surface area contributed by atoms with Gasteiger partial charge in [-0.3, -0.25) is 9.59 Å². The van der Waals surface area contributed by atoms with Gasteiger partial charge in [0.1, 0.15) is 0 Å². The van der Waals surface area contributed by atoms with Gasteiger partial charge in [0, 0.05) is 0 Å². The molecule has 6 heteroatoms. The molecule has 0 aliphatic rings. The molecule has 58 valence electrons. The first-order chi connectivity index (χ1) is 4.36. The summed E-state index contributed by atoms with van der Waals surface area (Å²) < 4.78 is 24.0. The van der Waals surface area contributed by atoms with Gasteiger partial charge in [0.15, 0.2) is 0 Å². The molecule has 0 aromatic carbocycles. The van der Waals surface area contributed by atoms with Crippen LogP contribution in [0.15, 0.2) is 0 Å². The second-order valence-electron chi connectivity index (χ2n) is 1.51. The Morgan fingerprint density at radius 1 is 1.30 bits per heavy atom. The SMILES string of the molecule is O=C(Cl)CC(F)(F)C(=O)Cl. The van der Waals surface area contributed by atoms with Crippen LogP contribution in [0.3, 0.4) is 0 Å².